The van der Waals surface area contributed by atoms with Crippen molar-refractivity contribution >= 4 is 17.1 Å². The monoisotopic (exact) mass is 465 g/mol. The summed E-state index contributed by atoms with van der Waals surface area (Å²) in [7, 11) is 0. The summed E-state index contributed by atoms with van der Waals surface area (Å²) < 4.78 is 15.8. The number of nitrogens with two attached hydrogens (primary N) is 1. The van der Waals surface area contributed by atoms with Crippen LogP contribution in [0.3, 0.4) is 0 Å². The van der Waals surface area contributed by atoms with Gasteiger partial charge in [0.05, 0.1) is 52.1 Å². The first-order chi connectivity index (χ1) is 16.2. The highest BCUT2D eigenvalue weighted by molar-refractivity contribution is 6.00. The van der Waals surface area contributed by atoms with Gasteiger partial charge in [-0.25, -0.2) is 8.91 Å². The third-order valence-corrected chi connectivity index (χ3v) is 6.08. The molecule has 1 fully saturated rings. The first-order valence-electron chi connectivity index (χ1n) is 11.2. The van der Waals surface area contributed by atoms with E-state index in [2.05, 4.69) is 26.8 Å². The number of aliphatic hydroxyl groups is 1. The van der Waals surface area contributed by atoms with Gasteiger partial charge in [0.1, 0.15) is 12.2 Å². The van der Waals surface area contributed by atoms with Crippen molar-refractivity contribution in [2.45, 2.75) is 57.0 Å². The predicted octanol–water partition coefficient (Wildman–Crippen LogP) is 2.40. The lowest BCUT2D eigenvalue weighted by Crippen LogP contribution is -2.42. The maximum atomic E-state index is 14.2. The zero-order valence-electron chi connectivity index (χ0n) is 19.1. The fourth-order valence-corrected chi connectivity index (χ4v) is 4.04. The number of aromatic nitrogens is 3. The summed E-state index contributed by atoms with van der Waals surface area (Å²) in [5, 5.41) is 29.2. The fraction of sp³-hybridized carbons (Fsp3) is 0.417. The van der Waals surface area contributed by atoms with Gasteiger partial charge in [-0.15, -0.1) is 0 Å². The van der Waals surface area contributed by atoms with E-state index < -0.39 is 17.7 Å². The van der Waals surface area contributed by atoms with Crippen LogP contribution in [-0.2, 0) is 0 Å². The molecule has 0 saturated heterocycles. The molecular formula is C24H28FN7O2. The molecule has 9 nitrogen and oxygen atoms in total. The number of alkyl halides is 1. The van der Waals surface area contributed by atoms with Crippen LogP contribution < -0.4 is 16.4 Å². The van der Waals surface area contributed by atoms with Crippen LogP contribution in [0.2, 0.25) is 0 Å². The number of amides is 1. The number of nitrogens with zero attached hydrogens (tertiary/aromatic N) is 4. The van der Waals surface area contributed by atoms with E-state index in [1.54, 1.807) is 16.6 Å². The second kappa shape index (κ2) is 9.37. The zero-order valence-corrected chi connectivity index (χ0v) is 19.1. The lowest BCUT2D eigenvalue weighted by atomic mass is 10.0. The maximum Gasteiger partial charge on any atom is 0.255 e. The van der Waals surface area contributed by atoms with Gasteiger partial charge in [-0.3, -0.25) is 9.78 Å². The van der Waals surface area contributed by atoms with Crippen molar-refractivity contribution < 1.29 is 14.3 Å². The van der Waals surface area contributed by atoms with Crippen molar-refractivity contribution in [1.82, 2.24) is 19.9 Å². The minimum Gasteiger partial charge on any atom is -0.387 e. The van der Waals surface area contributed by atoms with E-state index in [1.165, 1.54) is 26.2 Å². The van der Waals surface area contributed by atoms with Crippen molar-refractivity contribution in [2.75, 3.05) is 11.9 Å². The Morgan fingerprint density at radius 1 is 1.38 bits per heavy atom. The van der Waals surface area contributed by atoms with Gasteiger partial charge in [0.2, 0.25) is 0 Å². The summed E-state index contributed by atoms with van der Waals surface area (Å²) in [5.41, 5.74) is 7.80. The highest BCUT2D eigenvalue weighted by Crippen LogP contribution is 2.28. The number of anilines is 1. The van der Waals surface area contributed by atoms with Gasteiger partial charge in [-0.1, -0.05) is 0 Å². The molecule has 10 heteroatoms. The largest absolute Gasteiger partial charge is 0.387 e. The highest BCUT2D eigenvalue weighted by Gasteiger charge is 2.28. The van der Waals surface area contributed by atoms with E-state index >= 15 is 0 Å². The number of rotatable bonds is 7. The molecule has 0 unspecified atom stereocenters. The normalized spacial score (nSPS) is 19.1. The molecule has 0 spiro atoms. The molecule has 0 bridgehead atoms. The number of nitrogens with one attached hydrogen (secondary N) is 2. The molecular weight excluding hydrogens is 437 g/mol. The summed E-state index contributed by atoms with van der Waals surface area (Å²) >= 11 is 0. The Bertz CT molecular complexity index is 1240. The van der Waals surface area contributed by atoms with Gasteiger partial charge in [0, 0.05) is 18.3 Å². The Hall–Kier alpha value is -3.55. The van der Waals surface area contributed by atoms with Crippen molar-refractivity contribution in [3.63, 3.8) is 0 Å². The van der Waals surface area contributed by atoms with Crippen molar-refractivity contribution in [2.24, 2.45) is 5.73 Å². The summed E-state index contributed by atoms with van der Waals surface area (Å²) in [4.78, 5) is 17.4. The number of pyridine rings is 1. The number of hydrogen-bond donors (Lipinski definition) is 4. The van der Waals surface area contributed by atoms with Gasteiger partial charge in [-0.2, -0.15) is 10.4 Å². The van der Waals surface area contributed by atoms with Crippen LogP contribution in [0, 0.1) is 11.3 Å². The Morgan fingerprint density at radius 3 is 2.85 bits per heavy atom. The summed E-state index contributed by atoms with van der Waals surface area (Å²) in [6, 6.07) is 9.45. The second-order valence-electron chi connectivity index (χ2n) is 9.27. The highest BCUT2D eigenvalue weighted by atomic mass is 19.1. The lowest BCUT2D eigenvalue weighted by Gasteiger charge is -2.23. The molecule has 5 N–H and O–H groups in total. The molecule has 1 amide bonds. The van der Waals surface area contributed by atoms with Crippen LogP contribution >= 0.6 is 0 Å². The van der Waals surface area contributed by atoms with Gasteiger partial charge < -0.3 is 21.5 Å². The molecule has 1 aliphatic carbocycles. The number of nitriles is 1. The fourth-order valence-electron chi connectivity index (χ4n) is 4.04. The maximum absolute atomic E-state index is 14.2. The number of fused-ring (bicyclic) bond motifs is 1. The van der Waals surface area contributed by atoms with Crippen LogP contribution in [0.5, 0.6) is 0 Å². The molecule has 0 radical (unpaired) electrons. The van der Waals surface area contributed by atoms with Crippen LogP contribution in [0.15, 0.2) is 36.7 Å². The molecule has 3 aromatic heterocycles. The van der Waals surface area contributed by atoms with Gasteiger partial charge >= 0.3 is 0 Å². The van der Waals surface area contributed by atoms with Crippen molar-refractivity contribution in [1.29, 1.82) is 5.26 Å². The summed E-state index contributed by atoms with van der Waals surface area (Å²) in [6.45, 7) is 2.38. The van der Waals surface area contributed by atoms with Crippen LogP contribution in [0.25, 0.3) is 16.9 Å². The third-order valence-electron chi connectivity index (χ3n) is 6.08. The Morgan fingerprint density at radius 2 is 2.18 bits per heavy atom. The van der Waals surface area contributed by atoms with Gasteiger partial charge in [-0.05, 0) is 57.4 Å². The number of hydrogen-bond acceptors (Lipinski definition) is 7. The van der Waals surface area contributed by atoms with Crippen LogP contribution in [0.4, 0.5) is 10.1 Å². The van der Waals surface area contributed by atoms with Gasteiger partial charge in [0.25, 0.3) is 5.91 Å². The first-order valence-corrected chi connectivity index (χ1v) is 11.2. The van der Waals surface area contributed by atoms with E-state index in [0.717, 1.165) is 24.8 Å². The van der Waals surface area contributed by atoms with Gasteiger partial charge in [0.15, 0.2) is 0 Å². The van der Waals surface area contributed by atoms with E-state index in [9.17, 15) is 14.3 Å². The SMILES string of the molecule is CC(C)(O)[C@H](F)CNC(=O)c1cnc(-c2ccc3cc(C#N)cnn23)cc1N[C@@H]1CC[C@@H](N)C1. The topological polar surface area (TPSA) is 141 Å². The molecule has 4 rings (SSSR count). The van der Waals surface area contributed by atoms with E-state index in [0.29, 0.717) is 22.6 Å². The molecule has 3 heterocycles. The minimum absolute atomic E-state index is 0.0995. The van der Waals surface area contributed by atoms with Crippen molar-refractivity contribution in [3.05, 3.63) is 47.8 Å². The molecule has 0 aliphatic heterocycles. The van der Waals surface area contributed by atoms with Crippen molar-refractivity contribution in [3.8, 4) is 17.5 Å². The lowest BCUT2D eigenvalue weighted by molar-refractivity contribution is -0.00177. The Labute approximate surface area is 196 Å². The molecule has 178 valence electrons. The average molecular weight is 466 g/mol. The van der Waals surface area contributed by atoms with E-state index in [4.69, 9.17) is 11.0 Å². The number of carbonyl (C=O) groups is 1. The second-order valence-corrected chi connectivity index (χ2v) is 9.27. The molecule has 34 heavy (non-hydrogen) atoms. The predicted molar refractivity (Wildman–Crippen MR) is 126 cm³/mol. The standard InChI is InChI=1S/C24H28FN7O2/c1-24(2,34)22(25)13-29-23(33)18-12-28-20(9-19(18)31-16-4-3-15(27)8-16)21-6-5-17-7-14(10-26)11-30-32(17)21/h5-7,9,11-12,15-16,22,34H,3-4,8,13,27H2,1-2H3,(H,28,31)(H,29,33)/t15-,16-,22-/m1/s1. The minimum atomic E-state index is -1.62. The van der Waals surface area contributed by atoms with Crippen LogP contribution in [-0.4, -0.2) is 56.0 Å². The number of halogens is 1. The number of carbonyl (C=O) groups excluding carboxylic acids is 1. The molecule has 1 saturated carbocycles. The Balaban J connectivity index is 1.66. The van der Waals surface area contributed by atoms with E-state index in [-0.39, 0.29) is 24.2 Å². The average Bonchev–Trinajstić information content (AvgIpc) is 3.41. The third kappa shape index (κ3) is 5.00. The molecule has 3 aromatic rings. The zero-order chi connectivity index (χ0) is 24.5. The molecule has 1 aliphatic rings. The quantitative estimate of drug-likeness (QED) is 0.420. The Kier molecular flexibility index (Phi) is 6.50. The molecule has 0 aromatic carbocycles. The summed E-state index contributed by atoms with van der Waals surface area (Å²) in [5.74, 6) is -0.493. The first kappa shape index (κ1) is 23.6. The molecule has 3 atom stereocenters. The summed E-state index contributed by atoms with van der Waals surface area (Å²) in [6.07, 6.45) is 3.84. The van der Waals surface area contributed by atoms with Crippen LogP contribution in [0.1, 0.15) is 49.0 Å². The smallest absolute Gasteiger partial charge is 0.255 e. The van der Waals surface area contributed by atoms with E-state index in [1.807, 2.05) is 12.1 Å².